The zero-order valence-corrected chi connectivity index (χ0v) is 10.2. The summed E-state index contributed by atoms with van der Waals surface area (Å²) >= 11 is 5.73. The molecular weight excluding hydrogens is 241 g/mol. The molecule has 1 aromatic carbocycles. The molecular formula is C12H13ClFN3. The topological polar surface area (TPSA) is 43.8 Å². The van der Waals surface area contributed by atoms with Gasteiger partial charge in [0.1, 0.15) is 11.5 Å². The Morgan fingerprint density at radius 3 is 2.88 bits per heavy atom. The highest BCUT2D eigenvalue weighted by atomic mass is 35.5. The summed E-state index contributed by atoms with van der Waals surface area (Å²) in [6.45, 7) is 2.87. The molecule has 0 bridgehead atoms. The van der Waals surface area contributed by atoms with Crippen molar-refractivity contribution in [3.05, 3.63) is 35.2 Å². The molecule has 0 aliphatic heterocycles. The average Bonchev–Trinajstić information content (AvgIpc) is 2.64. The maximum atomic E-state index is 13.1. The first kappa shape index (κ1) is 11.9. The van der Waals surface area contributed by atoms with Crippen LogP contribution >= 0.6 is 11.6 Å². The quantitative estimate of drug-likeness (QED) is 0.912. The Morgan fingerprint density at radius 2 is 2.24 bits per heavy atom. The molecule has 0 radical (unpaired) electrons. The van der Waals surface area contributed by atoms with Crippen molar-refractivity contribution in [2.75, 3.05) is 5.73 Å². The smallest absolute Gasteiger partial charge is 0.141 e. The normalized spacial score (nSPS) is 10.8. The van der Waals surface area contributed by atoms with E-state index in [1.807, 2.05) is 0 Å². The Bertz CT molecular complexity index is 537. The molecule has 90 valence electrons. The summed E-state index contributed by atoms with van der Waals surface area (Å²) in [5.74, 6) is -0.443. The Hall–Kier alpha value is -1.55. The highest BCUT2D eigenvalue weighted by Gasteiger charge is 2.10. The van der Waals surface area contributed by atoms with Gasteiger partial charge < -0.3 is 5.73 Å². The molecule has 0 spiro atoms. The van der Waals surface area contributed by atoms with Crippen LogP contribution in [0.4, 0.5) is 10.1 Å². The summed E-state index contributed by atoms with van der Waals surface area (Å²) in [7, 11) is 0. The molecule has 17 heavy (non-hydrogen) atoms. The summed E-state index contributed by atoms with van der Waals surface area (Å²) in [6, 6.07) is 4.47. The molecule has 0 aliphatic carbocycles. The molecule has 5 heteroatoms. The third-order valence-corrected chi connectivity index (χ3v) is 2.73. The number of nitrogen functional groups attached to an aromatic ring is 1. The molecule has 1 heterocycles. The van der Waals surface area contributed by atoms with Gasteiger partial charge in [0.25, 0.3) is 0 Å². The van der Waals surface area contributed by atoms with E-state index in [0.717, 1.165) is 18.5 Å². The van der Waals surface area contributed by atoms with Gasteiger partial charge in [0.2, 0.25) is 0 Å². The van der Waals surface area contributed by atoms with Crippen LogP contribution < -0.4 is 5.73 Å². The standard InChI is InChI=1S/C12H13ClFN3/c1-2-5-17-7-11(15)12(16-17)8-3-4-10(14)9(13)6-8/h3-4,6-7H,2,5,15H2,1H3. The number of aryl methyl sites for hydroxylation is 1. The van der Waals surface area contributed by atoms with Crippen molar-refractivity contribution in [3.63, 3.8) is 0 Å². The third-order valence-electron chi connectivity index (χ3n) is 2.44. The summed E-state index contributed by atoms with van der Waals surface area (Å²) < 4.78 is 14.8. The molecule has 1 aromatic heterocycles. The van der Waals surface area contributed by atoms with Gasteiger partial charge in [0, 0.05) is 18.3 Å². The second-order valence-electron chi connectivity index (χ2n) is 3.83. The lowest BCUT2D eigenvalue weighted by Gasteiger charge is -2.00. The Morgan fingerprint density at radius 1 is 1.47 bits per heavy atom. The van der Waals surface area contributed by atoms with E-state index in [-0.39, 0.29) is 5.02 Å². The minimum Gasteiger partial charge on any atom is -0.396 e. The van der Waals surface area contributed by atoms with Crippen LogP contribution in [0.15, 0.2) is 24.4 Å². The van der Waals surface area contributed by atoms with Crippen molar-refractivity contribution >= 4 is 17.3 Å². The van der Waals surface area contributed by atoms with Crippen molar-refractivity contribution in [1.82, 2.24) is 9.78 Å². The number of nitrogens with zero attached hydrogens (tertiary/aromatic N) is 2. The minimum absolute atomic E-state index is 0.0759. The number of hydrogen-bond acceptors (Lipinski definition) is 2. The van der Waals surface area contributed by atoms with E-state index in [0.29, 0.717) is 11.4 Å². The highest BCUT2D eigenvalue weighted by Crippen LogP contribution is 2.27. The fourth-order valence-corrected chi connectivity index (χ4v) is 1.83. The van der Waals surface area contributed by atoms with Gasteiger partial charge in [-0.3, -0.25) is 4.68 Å². The molecule has 0 unspecified atom stereocenters. The fraction of sp³-hybridized carbons (Fsp3) is 0.250. The number of benzene rings is 1. The number of hydrogen-bond donors (Lipinski definition) is 1. The monoisotopic (exact) mass is 253 g/mol. The number of aromatic nitrogens is 2. The predicted octanol–water partition coefficient (Wildman–Crippen LogP) is 3.33. The first-order valence-corrected chi connectivity index (χ1v) is 5.78. The van der Waals surface area contributed by atoms with Gasteiger partial charge in [0.05, 0.1) is 10.7 Å². The SMILES string of the molecule is CCCn1cc(N)c(-c2ccc(F)c(Cl)c2)n1. The van der Waals surface area contributed by atoms with Crippen LogP contribution in [0.3, 0.4) is 0 Å². The molecule has 2 aromatic rings. The average molecular weight is 254 g/mol. The van der Waals surface area contributed by atoms with Crippen molar-refractivity contribution in [2.24, 2.45) is 0 Å². The van der Waals surface area contributed by atoms with Gasteiger partial charge in [-0.15, -0.1) is 0 Å². The van der Waals surface area contributed by atoms with Crippen LogP contribution in [0, 0.1) is 5.82 Å². The van der Waals surface area contributed by atoms with Gasteiger partial charge in [-0.25, -0.2) is 4.39 Å². The molecule has 0 fully saturated rings. The van der Waals surface area contributed by atoms with Crippen molar-refractivity contribution in [3.8, 4) is 11.3 Å². The summed E-state index contributed by atoms with van der Waals surface area (Å²) in [5.41, 5.74) is 7.81. The Balaban J connectivity index is 2.41. The van der Waals surface area contributed by atoms with Gasteiger partial charge in [0.15, 0.2) is 0 Å². The minimum atomic E-state index is -0.443. The molecule has 0 saturated heterocycles. The number of rotatable bonds is 3. The van der Waals surface area contributed by atoms with Crippen LogP contribution in [-0.4, -0.2) is 9.78 Å². The van der Waals surface area contributed by atoms with E-state index in [2.05, 4.69) is 12.0 Å². The number of nitrogens with two attached hydrogens (primary N) is 1. The Kier molecular flexibility index (Phi) is 3.33. The van der Waals surface area contributed by atoms with E-state index < -0.39 is 5.82 Å². The van der Waals surface area contributed by atoms with Crippen LogP contribution in [-0.2, 0) is 6.54 Å². The van der Waals surface area contributed by atoms with E-state index >= 15 is 0 Å². The maximum Gasteiger partial charge on any atom is 0.141 e. The molecule has 0 amide bonds. The first-order valence-electron chi connectivity index (χ1n) is 5.40. The second kappa shape index (κ2) is 4.75. The summed E-state index contributed by atoms with van der Waals surface area (Å²) in [6.07, 6.45) is 2.75. The van der Waals surface area contributed by atoms with E-state index in [4.69, 9.17) is 17.3 Å². The molecule has 0 saturated carbocycles. The predicted molar refractivity (Wildman–Crippen MR) is 67.3 cm³/mol. The van der Waals surface area contributed by atoms with Crippen molar-refractivity contribution in [1.29, 1.82) is 0 Å². The highest BCUT2D eigenvalue weighted by molar-refractivity contribution is 6.31. The molecule has 0 atom stereocenters. The van der Waals surface area contributed by atoms with E-state index in [1.54, 1.807) is 16.9 Å². The van der Waals surface area contributed by atoms with Crippen LogP contribution in [0.1, 0.15) is 13.3 Å². The zero-order chi connectivity index (χ0) is 12.4. The van der Waals surface area contributed by atoms with Gasteiger partial charge in [-0.05, 0) is 24.6 Å². The third kappa shape index (κ3) is 2.42. The lowest BCUT2D eigenvalue weighted by Crippen LogP contribution is -1.96. The number of halogens is 2. The van der Waals surface area contributed by atoms with Gasteiger partial charge in [-0.1, -0.05) is 18.5 Å². The fourth-order valence-electron chi connectivity index (χ4n) is 1.65. The molecule has 0 aliphatic rings. The maximum absolute atomic E-state index is 13.1. The summed E-state index contributed by atoms with van der Waals surface area (Å²) in [5, 5.41) is 4.43. The van der Waals surface area contributed by atoms with Crippen LogP contribution in [0.5, 0.6) is 0 Å². The number of anilines is 1. The van der Waals surface area contributed by atoms with Crippen LogP contribution in [0.25, 0.3) is 11.3 Å². The van der Waals surface area contributed by atoms with Gasteiger partial charge in [-0.2, -0.15) is 5.10 Å². The van der Waals surface area contributed by atoms with Crippen LogP contribution in [0.2, 0.25) is 5.02 Å². The molecule has 3 nitrogen and oxygen atoms in total. The van der Waals surface area contributed by atoms with Crippen molar-refractivity contribution < 1.29 is 4.39 Å². The second-order valence-corrected chi connectivity index (χ2v) is 4.23. The summed E-state index contributed by atoms with van der Waals surface area (Å²) in [4.78, 5) is 0. The van der Waals surface area contributed by atoms with E-state index in [1.165, 1.54) is 12.1 Å². The molecule has 2 rings (SSSR count). The zero-order valence-electron chi connectivity index (χ0n) is 9.45. The Labute approximate surface area is 104 Å². The van der Waals surface area contributed by atoms with E-state index in [9.17, 15) is 4.39 Å². The molecule has 2 N–H and O–H groups in total. The first-order chi connectivity index (χ1) is 8.11. The van der Waals surface area contributed by atoms with Crippen molar-refractivity contribution in [2.45, 2.75) is 19.9 Å². The largest absolute Gasteiger partial charge is 0.396 e. The van der Waals surface area contributed by atoms with Gasteiger partial charge >= 0.3 is 0 Å². The lowest BCUT2D eigenvalue weighted by atomic mass is 10.1. The lowest BCUT2D eigenvalue weighted by molar-refractivity contribution is 0.604.